The average Bonchev–Trinajstić information content (AvgIpc) is 2.37. The summed E-state index contributed by atoms with van der Waals surface area (Å²) >= 11 is 6.04. The number of halogens is 1. The van der Waals surface area contributed by atoms with Gasteiger partial charge in [-0.05, 0) is 44.9 Å². The molecule has 0 atom stereocenters. The molecule has 84 valence electrons. The summed E-state index contributed by atoms with van der Waals surface area (Å²) in [5.74, 6) is -0.208. The minimum Gasteiger partial charge on any atom is -0.293 e. The van der Waals surface area contributed by atoms with Crippen LogP contribution in [0.1, 0.15) is 45.7 Å². The monoisotopic (exact) mass is 236 g/mol. The highest BCUT2D eigenvalue weighted by molar-refractivity contribution is 6.35. The molecule has 0 saturated carbocycles. The summed E-state index contributed by atoms with van der Waals surface area (Å²) in [5.41, 5.74) is 1.63. The van der Waals surface area contributed by atoms with Crippen LogP contribution < -0.4 is 0 Å². The van der Waals surface area contributed by atoms with Gasteiger partial charge in [-0.3, -0.25) is 9.59 Å². The number of aryl methyl sites for hydroxylation is 1. The third kappa shape index (κ3) is 1.20. The molecule has 0 aromatic heterocycles. The molecule has 0 aliphatic heterocycles. The third-order valence-electron chi connectivity index (χ3n) is 3.31. The Balaban J connectivity index is 2.88. The standard InChI is InChI=1S/C13H13ClO2/c1-6-5-8(14)7(2)10-9(6)11(15)13(3,4)12(10)16/h5H,1-4H3. The maximum Gasteiger partial charge on any atom is 0.177 e. The van der Waals surface area contributed by atoms with E-state index in [0.717, 1.165) is 5.56 Å². The molecule has 0 unspecified atom stereocenters. The van der Waals surface area contributed by atoms with Gasteiger partial charge in [0.25, 0.3) is 0 Å². The predicted molar refractivity (Wildman–Crippen MR) is 63.4 cm³/mol. The molecular formula is C13H13ClO2. The van der Waals surface area contributed by atoms with Gasteiger partial charge in [-0.1, -0.05) is 11.6 Å². The van der Waals surface area contributed by atoms with Crippen molar-refractivity contribution in [3.8, 4) is 0 Å². The normalized spacial score (nSPS) is 17.8. The van der Waals surface area contributed by atoms with Gasteiger partial charge in [0.2, 0.25) is 0 Å². The zero-order valence-corrected chi connectivity index (χ0v) is 10.5. The zero-order valence-electron chi connectivity index (χ0n) is 9.77. The molecule has 0 fully saturated rings. The van der Waals surface area contributed by atoms with Crippen molar-refractivity contribution in [3.05, 3.63) is 33.3 Å². The van der Waals surface area contributed by atoms with Crippen LogP contribution in [0.2, 0.25) is 5.02 Å². The second kappa shape index (κ2) is 3.17. The van der Waals surface area contributed by atoms with Gasteiger partial charge in [0, 0.05) is 16.1 Å². The van der Waals surface area contributed by atoms with Gasteiger partial charge in [-0.25, -0.2) is 0 Å². The summed E-state index contributed by atoms with van der Waals surface area (Å²) in [7, 11) is 0. The van der Waals surface area contributed by atoms with Crippen molar-refractivity contribution in [2.75, 3.05) is 0 Å². The number of ketones is 2. The number of benzene rings is 1. The molecule has 0 spiro atoms. The number of rotatable bonds is 0. The zero-order chi connectivity index (χ0) is 12.2. The number of carbonyl (C=O) groups is 2. The molecular weight excluding hydrogens is 224 g/mol. The highest BCUT2D eigenvalue weighted by atomic mass is 35.5. The second-order valence-electron chi connectivity index (χ2n) is 4.83. The van der Waals surface area contributed by atoms with E-state index in [9.17, 15) is 9.59 Å². The van der Waals surface area contributed by atoms with Crippen molar-refractivity contribution >= 4 is 23.2 Å². The fourth-order valence-electron chi connectivity index (χ4n) is 2.18. The summed E-state index contributed by atoms with van der Waals surface area (Å²) in [5, 5.41) is 0.551. The van der Waals surface area contributed by atoms with Gasteiger partial charge in [0.1, 0.15) is 0 Å². The van der Waals surface area contributed by atoms with Crippen molar-refractivity contribution in [1.82, 2.24) is 0 Å². The van der Waals surface area contributed by atoms with Gasteiger partial charge < -0.3 is 0 Å². The van der Waals surface area contributed by atoms with E-state index in [1.54, 1.807) is 26.8 Å². The molecule has 16 heavy (non-hydrogen) atoms. The first-order valence-corrected chi connectivity index (χ1v) is 5.55. The molecule has 0 bridgehead atoms. The van der Waals surface area contributed by atoms with Crippen molar-refractivity contribution in [1.29, 1.82) is 0 Å². The Bertz CT molecular complexity index is 527. The highest BCUT2D eigenvalue weighted by Gasteiger charge is 2.47. The lowest BCUT2D eigenvalue weighted by molar-refractivity contribution is 0.0746. The lowest BCUT2D eigenvalue weighted by Crippen LogP contribution is -2.25. The van der Waals surface area contributed by atoms with Gasteiger partial charge in [0.15, 0.2) is 11.6 Å². The summed E-state index contributed by atoms with van der Waals surface area (Å²) < 4.78 is 0. The summed E-state index contributed by atoms with van der Waals surface area (Å²) in [6.45, 7) is 6.94. The van der Waals surface area contributed by atoms with Crippen LogP contribution in [0, 0.1) is 19.3 Å². The number of carbonyl (C=O) groups excluding carboxylic acids is 2. The SMILES string of the molecule is Cc1cc(Cl)c(C)c2c1C(=O)C(C)(C)C2=O. The number of hydrogen-bond acceptors (Lipinski definition) is 2. The Labute approximate surface area is 99.6 Å². The fourth-order valence-corrected chi connectivity index (χ4v) is 2.44. The molecule has 1 aromatic rings. The predicted octanol–water partition coefficient (Wildman–Crippen LogP) is 3.36. The van der Waals surface area contributed by atoms with E-state index in [1.165, 1.54) is 0 Å². The van der Waals surface area contributed by atoms with Crippen LogP contribution >= 0.6 is 11.6 Å². The van der Waals surface area contributed by atoms with Crippen LogP contribution in [-0.4, -0.2) is 11.6 Å². The number of fused-ring (bicyclic) bond motifs is 1. The molecule has 2 nitrogen and oxygen atoms in total. The second-order valence-corrected chi connectivity index (χ2v) is 5.24. The fraction of sp³-hybridized carbons (Fsp3) is 0.385. The van der Waals surface area contributed by atoms with Crippen LogP contribution in [0.25, 0.3) is 0 Å². The van der Waals surface area contributed by atoms with Crippen molar-refractivity contribution in [2.24, 2.45) is 5.41 Å². The molecule has 1 aliphatic rings. The van der Waals surface area contributed by atoms with E-state index in [2.05, 4.69) is 0 Å². The highest BCUT2D eigenvalue weighted by Crippen LogP contribution is 2.41. The first-order valence-electron chi connectivity index (χ1n) is 5.17. The lowest BCUT2D eigenvalue weighted by atomic mass is 9.87. The third-order valence-corrected chi connectivity index (χ3v) is 3.70. The molecule has 0 amide bonds. The molecule has 1 aromatic carbocycles. The van der Waals surface area contributed by atoms with E-state index in [0.29, 0.717) is 21.7 Å². The first kappa shape index (κ1) is 11.3. The Kier molecular flexibility index (Phi) is 2.25. The van der Waals surface area contributed by atoms with Crippen LogP contribution in [0.15, 0.2) is 6.07 Å². The minimum atomic E-state index is -0.942. The average molecular weight is 237 g/mol. The summed E-state index contributed by atoms with van der Waals surface area (Å²) in [4.78, 5) is 24.3. The Hall–Kier alpha value is -1.15. The summed E-state index contributed by atoms with van der Waals surface area (Å²) in [6.07, 6.45) is 0. The van der Waals surface area contributed by atoms with E-state index < -0.39 is 5.41 Å². The lowest BCUT2D eigenvalue weighted by Gasteiger charge is -2.11. The van der Waals surface area contributed by atoms with E-state index in [4.69, 9.17) is 11.6 Å². The molecule has 0 heterocycles. The smallest absolute Gasteiger partial charge is 0.177 e. The quantitative estimate of drug-likeness (QED) is 0.648. The van der Waals surface area contributed by atoms with Gasteiger partial charge in [-0.2, -0.15) is 0 Å². The Morgan fingerprint density at radius 1 is 1.06 bits per heavy atom. The topological polar surface area (TPSA) is 34.1 Å². The van der Waals surface area contributed by atoms with Gasteiger partial charge in [-0.15, -0.1) is 0 Å². The molecule has 1 aliphatic carbocycles. The van der Waals surface area contributed by atoms with Gasteiger partial charge >= 0.3 is 0 Å². The molecule has 0 saturated heterocycles. The van der Waals surface area contributed by atoms with Crippen LogP contribution in [0.3, 0.4) is 0 Å². The first-order chi connectivity index (χ1) is 7.28. The minimum absolute atomic E-state index is 0.0928. The molecule has 0 radical (unpaired) electrons. The molecule has 3 heteroatoms. The summed E-state index contributed by atoms with van der Waals surface area (Å²) in [6, 6.07) is 1.75. The van der Waals surface area contributed by atoms with E-state index in [1.807, 2.05) is 6.92 Å². The molecule has 2 rings (SSSR count). The maximum absolute atomic E-state index is 12.2. The van der Waals surface area contributed by atoms with E-state index in [-0.39, 0.29) is 11.6 Å². The Morgan fingerprint density at radius 2 is 1.56 bits per heavy atom. The van der Waals surface area contributed by atoms with Crippen molar-refractivity contribution in [3.63, 3.8) is 0 Å². The largest absolute Gasteiger partial charge is 0.293 e. The van der Waals surface area contributed by atoms with E-state index >= 15 is 0 Å². The van der Waals surface area contributed by atoms with Crippen molar-refractivity contribution in [2.45, 2.75) is 27.7 Å². The molecule has 0 N–H and O–H groups in total. The van der Waals surface area contributed by atoms with Crippen LogP contribution in [0.4, 0.5) is 0 Å². The van der Waals surface area contributed by atoms with Gasteiger partial charge in [0.05, 0.1) is 5.41 Å². The van der Waals surface area contributed by atoms with Crippen LogP contribution in [0.5, 0.6) is 0 Å². The Morgan fingerprint density at radius 3 is 2.12 bits per heavy atom. The number of hydrogen-bond donors (Lipinski definition) is 0. The number of Topliss-reactive ketones (excluding diaryl/α,β-unsaturated/α-hetero) is 2. The van der Waals surface area contributed by atoms with Crippen LogP contribution in [-0.2, 0) is 0 Å². The maximum atomic E-state index is 12.2. The van der Waals surface area contributed by atoms with Crippen molar-refractivity contribution < 1.29 is 9.59 Å².